The van der Waals surface area contributed by atoms with E-state index in [2.05, 4.69) is 47.9 Å². The highest BCUT2D eigenvalue weighted by Crippen LogP contribution is 2.46. The molecule has 6 heteroatoms. The first-order valence-electron chi connectivity index (χ1n) is 6.87. The van der Waals surface area contributed by atoms with E-state index in [1.807, 2.05) is 0 Å². The van der Waals surface area contributed by atoms with Crippen molar-refractivity contribution in [3.63, 3.8) is 0 Å². The van der Waals surface area contributed by atoms with Gasteiger partial charge < -0.3 is 10.2 Å². The molecular weight excluding hydrogens is 382 g/mol. The molecule has 2 rings (SSSR count). The predicted octanol–water partition coefficient (Wildman–Crippen LogP) is 3.03. The molecule has 1 N–H and O–H groups in total. The highest BCUT2D eigenvalue weighted by atomic mass is 127. The number of halogens is 2. The Balaban J connectivity index is 0.00000220. The SMILES string of the molecule is CN=C(NCc1ncccc1F)N1CC(C)(C)C1(C)C.I. The summed E-state index contributed by atoms with van der Waals surface area (Å²) in [7, 11) is 1.75. The van der Waals surface area contributed by atoms with Gasteiger partial charge in [0.2, 0.25) is 0 Å². The van der Waals surface area contributed by atoms with Crippen LogP contribution in [0.15, 0.2) is 23.3 Å². The molecule has 0 aliphatic carbocycles. The minimum Gasteiger partial charge on any atom is -0.350 e. The molecule has 1 saturated heterocycles. The van der Waals surface area contributed by atoms with Gasteiger partial charge in [0, 0.05) is 30.7 Å². The highest BCUT2D eigenvalue weighted by molar-refractivity contribution is 14.0. The minimum absolute atomic E-state index is 0. The number of rotatable bonds is 2. The van der Waals surface area contributed by atoms with Crippen molar-refractivity contribution in [3.8, 4) is 0 Å². The van der Waals surface area contributed by atoms with Crippen molar-refractivity contribution in [2.75, 3.05) is 13.6 Å². The van der Waals surface area contributed by atoms with Crippen LogP contribution in [-0.4, -0.2) is 35.0 Å². The lowest BCUT2D eigenvalue weighted by Crippen LogP contribution is -2.72. The van der Waals surface area contributed by atoms with Gasteiger partial charge in [0.25, 0.3) is 0 Å². The molecule has 1 aliphatic rings. The second kappa shape index (κ2) is 6.46. The number of aliphatic imine (C=N–C) groups is 1. The van der Waals surface area contributed by atoms with Crippen molar-refractivity contribution >= 4 is 29.9 Å². The monoisotopic (exact) mass is 406 g/mol. The molecule has 1 aromatic heterocycles. The third kappa shape index (κ3) is 3.30. The molecule has 4 nitrogen and oxygen atoms in total. The summed E-state index contributed by atoms with van der Waals surface area (Å²) in [6.07, 6.45) is 1.60. The van der Waals surface area contributed by atoms with E-state index < -0.39 is 0 Å². The first-order chi connectivity index (χ1) is 9.29. The Bertz CT molecular complexity index is 528. The number of hydrogen-bond acceptors (Lipinski definition) is 2. The largest absolute Gasteiger partial charge is 0.350 e. The first-order valence-corrected chi connectivity index (χ1v) is 6.87. The van der Waals surface area contributed by atoms with Crippen molar-refractivity contribution in [1.82, 2.24) is 15.2 Å². The number of guanidine groups is 1. The zero-order valence-corrected chi connectivity index (χ0v) is 15.6. The summed E-state index contributed by atoms with van der Waals surface area (Å²) in [5.41, 5.74) is 0.671. The smallest absolute Gasteiger partial charge is 0.194 e. The number of likely N-dealkylation sites (tertiary alicyclic amines) is 1. The zero-order chi connectivity index (χ0) is 15.0. The summed E-state index contributed by atoms with van der Waals surface area (Å²) in [5, 5.41) is 3.20. The fourth-order valence-corrected chi connectivity index (χ4v) is 2.41. The van der Waals surface area contributed by atoms with Crippen molar-refractivity contribution in [2.24, 2.45) is 10.4 Å². The standard InChI is InChI=1S/C15H23FN4.HI/c1-14(2)10-20(15(14,3)4)13(17-5)19-9-12-11(16)7-6-8-18-12;/h6-8H,9-10H2,1-5H3,(H,17,19);1H. The molecule has 21 heavy (non-hydrogen) atoms. The van der Waals surface area contributed by atoms with Gasteiger partial charge in [0.05, 0.1) is 12.2 Å². The number of pyridine rings is 1. The lowest BCUT2D eigenvalue weighted by molar-refractivity contribution is -0.0668. The maximum atomic E-state index is 13.6. The normalized spacial score (nSPS) is 19.5. The van der Waals surface area contributed by atoms with Crippen LogP contribution >= 0.6 is 24.0 Å². The molecule has 0 aromatic carbocycles. The molecule has 2 heterocycles. The molecular formula is C15H24FIN4. The molecule has 1 aromatic rings. The molecule has 118 valence electrons. The summed E-state index contributed by atoms with van der Waals surface area (Å²) >= 11 is 0. The average molecular weight is 406 g/mol. The van der Waals surface area contributed by atoms with Crippen LogP contribution in [0.1, 0.15) is 33.4 Å². The fourth-order valence-electron chi connectivity index (χ4n) is 2.41. The summed E-state index contributed by atoms with van der Waals surface area (Å²) < 4.78 is 13.6. The summed E-state index contributed by atoms with van der Waals surface area (Å²) in [5.74, 6) is 0.498. The maximum Gasteiger partial charge on any atom is 0.194 e. The Morgan fingerprint density at radius 3 is 2.57 bits per heavy atom. The van der Waals surface area contributed by atoms with Crippen molar-refractivity contribution in [2.45, 2.75) is 39.8 Å². The van der Waals surface area contributed by atoms with E-state index in [0.29, 0.717) is 12.2 Å². The molecule has 0 radical (unpaired) electrons. The Morgan fingerprint density at radius 2 is 2.10 bits per heavy atom. The third-order valence-electron chi connectivity index (χ3n) is 4.60. The second-order valence-corrected chi connectivity index (χ2v) is 6.36. The van der Waals surface area contributed by atoms with Gasteiger partial charge in [0.1, 0.15) is 5.82 Å². The van der Waals surface area contributed by atoms with Gasteiger partial charge >= 0.3 is 0 Å². The van der Waals surface area contributed by atoms with E-state index in [0.717, 1.165) is 12.5 Å². The van der Waals surface area contributed by atoms with Crippen LogP contribution in [-0.2, 0) is 6.54 Å². The van der Waals surface area contributed by atoms with Crippen molar-refractivity contribution in [1.29, 1.82) is 0 Å². The molecule has 0 atom stereocenters. The van der Waals surface area contributed by atoms with E-state index in [1.54, 1.807) is 19.3 Å². The van der Waals surface area contributed by atoms with E-state index in [9.17, 15) is 4.39 Å². The first kappa shape index (κ1) is 18.1. The van der Waals surface area contributed by atoms with Gasteiger partial charge in [-0.15, -0.1) is 24.0 Å². The molecule has 0 saturated carbocycles. The Morgan fingerprint density at radius 1 is 1.43 bits per heavy atom. The van der Waals surface area contributed by atoms with Gasteiger partial charge in [0.15, 0.2) is 5.96 Å². The van der Waals surface area contributed by atoms with Crippen LogP contribution in [0.3, 0.4) is 0 Å². The van der Waals surface area contributed by atoms with E-state index in [1.165, 1.54) is 6.07 Å². The Hall–Kier alpha value is -0.920. The summed E-state index contributed by atoms with van der Waals surface area (Å²) in [4.78, 5) is 10.6. The van der Waals surface area contributed by atoms with Crippen LogP contribution in [0.25, 0.3) is 0 Å². The molecule has 1 fully saturated rings. The molecule has 0 unspecified atom stereocenters. The maximum absolute atomic E-state index is 13.6. The van der Waals surface area contributed by atoms with Crippen LogP contribution in [0.5, 0.6) is 0 Å². The zero-order valence-electron chi connectivity index (χ0n) is 13.3. The van der Waals surface area contributed by atoms with E-state index >= 15 is 0 Å². The van der Waals surface area contributed by atoms with Gasteiger partial charge in [-0.25, -0.2) is 4.39 Å². The topological polar surface area (TPSA) is 40.5 Å². The number of nitrogens with one attached hydrogen (secondary N) is 1. The van der Waals surface area contributed by atoms with Crippen molar-refractivity contribution < 1.29 is 4.39 Å². The van der Waals surface area contributed by atoms with E-state index in [4.69, 9.17) is 0 Å². The van der Waals surface area contributed by atoms with Crippen LogP contribution < -0.4 is 5.32 Å². The van der Waals surface area contributed by atoms with Gasteiger partial charge in [-0.2, -0.15) is 0 Å². The lowest BCUT2D eigenvalue weighted by Gasteiger charge is -2.62. The fraction of sp³-hybridized carbons (Fsp3) is 0.600. The van der Waals surface area contributed by atoms with Gasteiger partial charge in [-0.05, 0) is 26.0 Å². The van der Waals surface area contributed by atoms with Gasteiger partial charge in [-0.1, -0.05) is 13.8 Å². The van der Waals surface area contributed by atoms with Gasteiger partial charge in [-0.3, -0.25) is 9.98 Å². The number of aromatic nitrogens is 1. The van der Waals surface area contributed by atoms with Crippen LogP contribution in [0.2, 0.25) is 0 Å². The average Bonchev–Trinajstić information content (AvgIpc) is 2.40. The van der Waals surface area contributed by atoms with Crippen LogP contribution in [0, 0.1) is 11.2 Å². The molecule has 0 bridgehead atoms. The summed E-state index contributed by atoms with van der Waals surface area (Å²) in [6, 6.07) is 3.01. The lowest BCUT2D eigenvalue weighted by atomic mass is 9.65. The summed E-state index contributed by atoms with van der Waals surface area (Å²) in [6.45, 7) is 10.2. The highest BCUT2D eigenvalue weighted by Gasteiger charge is 2.53. The molecule has 1 aliphatic heterocycles. The molecule has 0 spiro atoms. The van der Waals surface area contributed by atoms with E-state index in [-0.39, 0.29) is 40.7 Å². The minimum atomic E-state index is -0.293. The number of hydrogen-bond donors (Lipinski definition) is 1. The third-order valence-corrected chi connectivity index (χ3v) is 4.60. The predicted molar refractivity (Wildman–Crippen MR) is 94.4 cm³/mol. The quantitative estimate of drug-likeness (QED) is 0.467. The number of nitrogens with zero attached hydrogens (tertiary/aromatic N) is 3. The Kier molecular flexibility index (Phi) is 5.57. The Labute approximate surface area is 143 Å². The van der Waals surface area contributed by atoms with Crippen molar-refractivity contribution in [3.05, 3.63) is 29.8 Å². The van der Waals surface area contributed by atoms with Crippen LogP contribution in [0.4, 0.5) is 4.39 Å². The molecule has 0 amide bonds. The second-order valence-electron chi connectivity index (χ2n) is 6.36.